The molecular formula is C25H24ClN5O3. The van der Waals surface area contributed by atoms with E-state index in [0.29, 0.717) is 40.3 Å². The van der Waals surface area contributed by atoms with Gasteiger partial charge in [0.1, 0.15) is 11.8 Å². The number of halogens is 1. The molecule has 1 saturated heterocycles. The van der Waals surface area contributed by atoms with E-state index in [9.17, 15) is 4.79 Å². The smallest absolute Gasteiger partial charge is 0.256 e. The lowest BCUT2D eigenvalue weighted by Gasteiger charge is -2.24. The average Bonchev–Trinajstić information content (AvgIpc) is 3.61. The Kier molecular flexibility index (Phi) is 5.83. The number of benzene rings is 2. The third-order valence-corrected chi connectivity index (χ3v) is 6.65. The van der Waals surface area contributed by atoms with E-state index in [1.54, 1.807) is 29.0 Å². The summed E-state index contributed by atoms with van der Waals surface area (Å²) >= 11 is 6.27. The van der Waals surface area contributed by atoms with Crippen LogP contribution in [0.15, 0.2) is 53.3 Å². The number of amides is 1. The molecule has 5 rings (SSSR count). The number of carbonyl (C=O) groups excluding carboxylic acids is 1. The first-order chi connectivity index (χ1) is 16.5. The molecular weight excluding hydrogens is 454 g/mol. The first-order valence-corrected chi connectivity index (χ1v) is 11.4. The zero-order valence-corrected chi connectivity index (χ0v) is 19.9. The number of carbonyl (C=O) groups is 1. The molecule has 2 aromatic heterocycles. The number of aromatic nitrogens is 4. The molecule has 8 nitrogen and oxygen atoms in total. The Balaban J connectivity index is 1.50. The standard InChI is InChI=1S/C25H24ClN5O3/c1-15-13-21(31-12-6-10-27-31)18(14-22(15)33-3)25(32)30-11-5-9-20(30)24-28-23(29-34-24)17-7-4-8-19(26)16(17)2/h4,6-8,10,12-14,20H,5,9,11H2,1-3H3. The zero-order chi connectivity index (χ0) is 23.8. The van der Waals surface area contributed by atoms with Crippen LogP contribution in [0.4, 0.5) is 0 Å². The maximum absolute atomic E-state index is 13.8. The number of nitrogens with zero attached hydrogens (tertiary/aromatic N) is 5. The predicted molar refractivity (Wildman–Crippen MR) is 127 cm³/mol. The van der Waals surface area contributed by atoms with Gasteiger partial charge in [-0.15, -0.1) is 0 Å². The van der Waals surface area contributed by atoms with E-state index in [4.69, 9.17) is 20.9 Å². The fourth-order valence-electron chi connectivity index (χ4n) is 4.42. The number of rotatable bonds is 5. The van der Waals surface area contributed by atoms with Crippen molar-refractivity contribution in [2.24, 2.45) is 0 Å². The number of likely N-dealkylation sites (tertiary alicyclic amines) is 1. The molecule has 34 heavy (non-hydrogen) atoms. The molecule has 1 fully saturated rings. The summed E-state index contributed by atoms with van der Waals surface area (Å²) < 4.78 is 12.8. The summed E-state index contributed by atoms with van der Waals surface area (Å²) in [5, 5.41) is 9.16. The first-order valence-electron chi connectivity index (χ1n) is 11.1. The number of hydrogen-bond acceptors (Lipinski definition) is 6. The Labute approximate surface area is 202 Å². The number of hydrogen-bond donors (Lipinski definition) is 0. The van der Waals surface area contributed by atoms with Gasteiger partial charge in [-0.1, -0.05) is 28.9 Å². The lowest BCUT2D eigenvalue weighted by Crippen LogP contribution is -2.31. The highest BCUT2D eigenvalue weighted by Gasteiger charge is 2.36. The maximum Gasteiger partial charge on any atom is 0.256 e. The van der Waals surface area contributed by atoms with Gasteiger partial charge in [-0.2, -0.15) is 10.1 Å². The van der Waals surface area contributed by atoms with Gasteiger partial charge in [0.2, 0.25) is 11.7 Å². The lowest BCUT2D eigenvalue weighted by molar-refractivity contribution is 0.0709. The second-order valence-electron chi connectivity index (χ2n) is 8.31. The Hall–Kier alpha value is -3.65. The van der Waals surface area contributed by atoms with Crippen molar-refractivity contribution in [2.75, 3.05) is 13.7 Å². The maximum atomic E-state index is 13.8. The SMILES string of the molecule is COc1cc(C(=O)N2CCCC2c2nc(-c3cccc(Cl)c3C)no2)c(-n2cccn2)cc1C. The van der Waals surface area contributed by atoms with Gasteiger partial charge in [0.15, 0.2) is 0 Å². The highest BCUT2D eigenvalue weighted by molar-refractivity contribution is 6.31. The van der Waals surface area contributed by atoms with Crippen molar-refractivity contribution in [3.8, 4) is 22.8 Å². The molecule has 4 aromatic rings. The van der Waals surface area contributed by atoms with Crippen molar-refractivity contribution in [1.82, 2.24) is 24.8 Å². The fraction of sp³-hybridized carbons (Fsp3) is 0.280. The minimum atomic E-state index is -0.314. The largest absolute Gasteiger partial charge is 0.496 e. The quantitative estimate of drug-likeness (QED) is 0.393. The summed E-state index contributed by atoms with van der Waals surface area (Å²) in [5.41, 5.74) is 3.80. The molecule has 2 aromatic carbocycles. The van der Waals surface area contributed by atoms with Gasteiger partial charge in [0.25, 0.3) is 5.91 Å². The van der Waals surface area contributed by atoms with Crippen molar-refractivity contribution in [1.29, 1.82) is 0 Å². The summed E-state index contributed by atoms with van der Waals surface area (Å²) in [7, 11) is 1.60. The minimum Gasteiger partial charge on any atom is -0.496 e. The Morgan fingerprint density at radius 2 is 2.09 bits per heavy atom. The lowest BCUT2D eigenvalue weighted by atomic mass is 10.1. The minimum absolute atomic E-state index is 0.134. The monoisotopic (exact) mass is 477 g/mol. The van der Waals surface area contributed by atoms with Gasteiger partial charge in [-0.25, -0.2) is 4.68 Å². The van der Waals surface area contributed by atoms with E-state index in [0.717, 1.165) is 29.5 Å². The summed E-state index contributed by atoms with van der Waals surface area (Å²) in [6, 6.07) is 10.8. The average molecular weight is 478 g/mol. The molecule has 0 N–H and O–H groups in total. The van der Waals surface area contributed by atoms with Crippen LogP contribution in [0.1, 0.15) is 46.3 Å². The number of methoxy groups -OCH3 is 1. The Morgan fingerprint density at radius 1 is 1.24 bits per heavy atom. The third kappa shape index (κ3) is 3.84. The van der Waals surface area contributed by atoms with Crippen LogP contribution in [-0.4, -0.2) is 44.4 Å². The van der Waals surface area contributed by atoms with Gasteiger partial charge in [0, 0.05) is 29.5 Å². The van der Waals surface area contributed by atoms with Crippen LogP contribution >= 0.6 is 11.6 Å². The fourth-order valence-corrected chi connectivity index (χ4v) is 4.59. The second kappa shape index (κ2) is 8.95. The molecule has 9 heteroatoms. The van der Waals surface area contributed by atoms with E-state index in [1.165, 1.54) is 0 Å². The van der Waals surface area contributed by atoms with E-state index in [-0.39, 0.29) is 11.9 Å². The number of aryl methyl sites for hydroxylation is 1. The molecule has 1 aliphatic rings. The first kappa shape index (κ1) is 22.2. The molecule has 0 bridgehead atoms. The Morgan fingerprint density at radius 3 is 2.85 bits per heavy atom. The molecule has 1 unspecified atom stereocenters. The van der Waals surface area contributed by atoms with Crippen LogP contribution in [-0.2, 0) is 0 Å². The van der Waals surface area contributed by atoms with Crippen molar-refractivity contribution < 1.29 is 14.1 Å². The van der Waals surface area contributed by atoms with Gasteiger partial charge in [-0.05, 0) is 62.1 Å². The second-order valence-corrected chi connectivity index (χ2v) is 8.72. The van der Waals surface area contributed by atoms with Crippen LogP contribution in [0.25, 0.3) is 17.1 Å². The molecule has 0 spiro atoms. The van der Waals surface area contributed by atoms with Crippen LogP contribution in [0.2, 0.25) is 5.02 Å². The zero-order valence-electron chi connectivity index (χ0n) is 19.2. The van der Waals surface area contributed by atoms with Gasteiger partial charge in [-0.3, -0.25) is 4.79 Å². The van der Waals surface area contributed by atoms with Crippen molar-refractivity contribution in [2.45, 2.75) is 32.7 Å². The molecule has 0 saturated carbocycles. The summed E-state index contributed by atoms with van der Waals surface area (Å²) in [5.74, 6) is 1.39. The van der Waals surface area contributed by atoms with Crippen LogP contribution < -0.4 is 4.74 Å². The normalized spacial score (nSPS) is 15.6. The summed E-state index contributed by atoms with van der Waals surface area (Å²) in [4.78, 5) is 20.3. The van der Waals surface area contributed by atoms with Gasteiger partial charge in [0.05, 0.1) is 18.4 Å². The highest BCUT2D eigenvalue weighted by Crippen LogP contribution is 2.36. The van der Waals surface area contributed by atoms with Gasteiger partial charge >= 0.3 is 0 Å². The molecule has 0 aliphatic carbocycles. The predicted octanol–water partition coefficient (Wildman–Crippen LogP) is 5.18. The van der Waals surface area contributed by atoms with Crippen LogP contribution in [0.3, 0.4) is 0 Å². The molecule has 1 aliphatic heterocycles. The van der Waals surface area contributed by atoms with Crippen molar-refractivity contribution in [3.05, 3.63) is 76.4 Å². The van der Waals surface area contributed by atoms with E-state index >= 15 is 0 Å². The van der Waals surface area contributed by atoms with E-state index < -0.39 is 0 Å². The van der Waals surface area contributed by atoms with E-state index in [1.807, 2.05) is 50.4 Å². The molecule has 0 radical (unpaired) electrons. The number of ether oxygens (including phenoxy) is 1. The summed E-state index contributed by atoms with van der Waals surface area (Å²) in [6.07, 6.45) is 5.08. The van der Waals surface area contributed by atoms with E-state index in [2.05, 4.69) is 15.2 Å². The highest BCUT2D eigenvalue weighted by atomic mass is 35.5. The molecule has 3 heterocycles. The van der Waals surface area contributed by atoms with Crippen molar-refractivity contribution in [3.63, 3.8) is 0 Å². The van der Waals surface area contributed by atoms with Crippen LogP contribution in [0.5, 0.6) is 5.75 Å². The summed E-state index contributed by atoms with van der Waals surface area (Å²) in [6.45, 7) is 4.45. The third-order valence-electron chi connectivity index (χ3n) is 6.24. The molecule has 1 amide bonds. The topological polar surface area (TPSA) is 86.3 Å². The molecule has 174 valence electrons. The van der Waals surface area contributed by atoms with Gasteiger partial charge < -0.3 is 14.2 Å². The molecule has 1 atom stereocenters. The van der Waals surface area contributed by atoms with Crippen LogP contribution in [0, 0.1) is 13.8 Å². The van der Waals surface area contributed by atoms with Crippen molar-refractivity contribution >= 4 is 17.5 Å². The Bertz CT molecular complexity index is 1350.